The van der Waals surface area contributed by atoms with Crippen LogP contribution in [0.25, 0.3) is 10.7 Å². The van der Waals surface area contributed by atoms with Gasteiger partial charge in [-0.25, -0.2) is 9.97 Å². The molecule has 0 aliphatic carbocycles. The topological polar surface area (TPSA) is 111 Å². The van der Waals surface area contributed by atoms with Crippen molar-refractivity contribution in [3.63, 3.8) is 0 Å². The Morgan fingerprint density at radius 2 is 2.09 bits per heavy atom. The van der Waals surface area contributed by atoms with Crippen molar-refractivity contribution in [2.75, 3.05) is 6.54 Å². The molecule has 3 aromatic rings. The molecule has 1 aromatic carbocycles. The first-order valence-electron chi connectivity index (χ1n) is 6.57. The van der Waals surface area contributed by atoms with E-state index in [0.29, 0.717) is 6.54 Å². The lowest BCUT2D eigenvalue weighted by atomic mass is 9.96. The van der Waals surface area contributed by atoms with E-state index in [0.717, 1.165) is 22.0 Å². The van der Waals surface area contributed by atoms with Crippen LogP contribution in [-0.2, 0) is 0 Å². The molecule has 9 heteroatoms. The maximum absolute atomic E-state index is 10.7. The number of imidazole rings is 1. The van der Waals surface area contributed by atoms with Crippen molar-refractivity contribution in [3.05, 3.63) is 63.5 Å². The summed E-state index contributed by atoms with van der Waals surface area (Å²) in [7, 11) is 0. The molecule has 0 fully saturated rings. The number of hydrogen-bond acceptors (Lipinski definition) is 6. The van der Waals surface area contributed by atoms with Crippen LogP contribution in [0.4, 0.5) is 5.69 Å². The van der Waals surface area contributed by atoms with Gasteiger partial charge in [0.05, 0.1) is 28.8 Å². The Hall–Kier alpha value is -2.10. The average Bonchev–Trinajstić information content (AvgIpc) is 3.19. The zero-order chi connectivity index (χ0) is 15.5. The number of nitrogens with zero attached hydrogens (tertiary/aromatic N) is 3. The normalized spacial score (nSPS) is 11.7. The van der Waals surface area contributed by atoms with Crippen LogP contribution in [0, 0.1) is 10.1 Å². The molecule has 0 radical (unpaired) electrons. The molecule has 0 amide bonds. The molecule has 0 spiro atoms. The Morgan fingerprint density at radius 3 is 2.65 bits per heavy atom. The number of halogens is 1. The van der Waals surface area contributed by atoms with Crippen LogP contribution < -0.4 is 5.73 Å². The third kappa shape index (κ3) is 3.63. The van der Waals surface area contributed by atoms with Crippen molar-refractivity contribution in [3.8, 4) is 10.7 Å². The second-order valence-electron chi connectivity index (χ2n) is 4.68. The molecule has 3 N–H and O–H groups in total. The third-order valence-corrected chi connectivity index (χ3v) is 4.24. The van der Waals surface area contributed by atoms with Crippen LogP contribution in [0.15, 0.2) is 42.2 Å². The molecule has 120 valence electrons. The van der Waals surface area contributed by atoms with E-state index in [-0.39, 0.29) is 28.6 Å². The van der Waals surface area contributed by atoms with Gasteiger partial charge in [0, 0.05) is 30.0 Å². The number of benzene rings is 1. The van der Waals surface area contributed by atoms with Crippen molar-refractivity contribution in [2.24, 2.45) is 5.73 Å². The molecule has 0 bridgehead atoms. The number of H-pyrrole nitrogens is 1. The maximum atomic E-state index is 10.7. The minimum atomic E-state index is -0.416. The summed E-state index contributed by atoms with van der Waals surface area (Å²) in [6.45, 7) is 0.379. The highest BCUT2D eigenvalue weighted by molar-refractivity contribution is 8.93. The molecule has 2 heterocycles. The van der Waals surface area contributed by atoms with E-state index in [2.05, 4.69) is 15.0 Å². The highest BCUT2D eigenvalue weighted by Crippen LogP contribution is 2.29. The Balaban J connectivity index is 0.00000192. The first-order valence-corrected chi connectivity index (χ1v) is 7.45. The van der Waals surface area contributed by atoms with Gasteiger partial charge in [0.2, 0.25) is 0 Å². The Bertz CT molecular complexity index is 773. The number of nitro benzene ring substituents is 1. The van der Waals surface area contributed by atoms with Gasteiger partial charge in [-0.2, -0.15) is 0 Å². The number of nitrogens with one attached hydrogen (secondary N) is 1. The van der Waals surface area contributed by atoms with E-state index in [4.69, 9.17) is 5.73 Å². The monoisotopic (exact) mass is 395 g/mol. The summed E-state index contributed by atoms with van der Waals surface area (Å²) in [6, 6.07) is 6.43. The smallest absolute Gasteiger partial charge is 0.269 e. The van der Waals surface area contributed by atoms with Gasteiger partial charge in [-0.05, 0) is 5.56 Å². The lowest BCUT2D eigenvalue weighted by molar-refractivity contribution is -0.384. The molecule has 2 aromatic heterocycles. The zero-order valence-corrected chi connectivity index (χ0v) is 14.4. The summed E-state index contributed by atoms with van der Waals surface area (Å²) < 4.78 is 0. The van der Waals surface area contributed by atoms with Gasteiger partial charge in [0.25, 0.3) is 5.69 Å². The molecule has 0 saturated heterocycles. The molecular formula is C14H14BrN5O2S. The van der Waals surface area contributed by atoms with Crippen molar-refractivity contribution < 1.29 is 4.92 Å². The molecular weight excluding hydrogens is 382 g/mol. The van der Waals surface area contributed by atoms with Gasteiger partial charge in [-0.1, -0.05) is 12.1 Å². The van der Waals surface area contributed by atoms with Gasteiger partial charge in [-0.15, -0.1) is 28.3 Å². The van der Waals surface area contributed by atoms with Crippen molar-refractivity contribution >= 4 is 34.0 Å². The molecule has 1 unspecified atom stereocenters. The SMILES string of the molecule is Br.NCC(c1ccc([N+](=O)[O-])cc1)c1csc(-c2cnc[nH]2)n1. The van der Waals surface area contributed by atoms with Gasteiger partial charge in [-0.3, -0.25) is 10.1 Å². The number of nitro groups is 1. The Morgan fingerprint density at radius 1 is 1.35 bits per heavy atom. The number of aromatic amines is 1. The van der Waals surface area contributed by atoms with E-state index in [1.54, 1.807) is 24.7 Å². The van der Waals surface area contributed by atoms with E-state index in [1.807, 2.05) is 5.38 Å². The number of non-ortho nitro benzene ring substituents is 1. The number of aromatic nitrogens is 3. The van der Waals surface area contributed by atoms with Crippen LogP contribution in [0.1, 0.15) is 17.2 Å². The third-order valence-electron chi connectivity index (χ3n) is 3.35. The van der Waals surface area contributed by atoms with Crippen LogP contribution in [-0.4, -0.2) is 26.4 Å². The fourth-order valence-electron chi connectivity index (χ4n) is 2.20. The molecule has 1 atom stereocenters. The largest absolute Gasteiger partial charge is 0.343 e. The molecule has 23 heavy (non-hydrogen) atoms. The van der Waals surface area contributed by atoms with Crippen LogP contribution >= 0.6 is 28.3 Å². The van der Waals surface area contributed by atoms with E-state index < -0.39 is 4.92 Å². The Kier molecular flexibility index (Phi) is 5.59. The minimum Gasteiger partial charge on any atom is -0.343 e. The number of hydrogen-bond donors (Lipinski definition) is 2. The fourth-order valence-corrected chi connectivity index (χ4v) is 3.04. The Labute approximate surface area is 146 Å². The van der Waals surface area contributed by atoms with Gasteiger partial charge in [0.1, 0.15) is 5.01 Å². The predicted octanol–water partition coefficient (Wildman–Crippen LogP) is 3.11. The molecule has 0 aliphatic heterocycles. The van der Waals surface area contributed by atoms with Crippen molar-refractivity contribution in [2.45, 2.75) is 5.92 Å². The van der Waals surface area contributed by atoms with E-state index >= 15 is 0 Å². The highest BCUT2D eigenvalue weighted by Gasteiger charge is 2.18. The standard InChI is InChI=1S/C14H13N5O2S.BrH/c15-5-11(9-1-3-10(4-2-9)19(20)21)13-7-22-14(18-13)12-6-16-8-17-12;/h1-4,6-8,11H,5,15H2,(H,16,17);1H. The zero-order valence-electron chi connectivity index (χ0n) is 11.9. The first-order chi connectivity index (χ1) is 10.7. The van der Waals surface area contributed by atoms with Crippen LogP contribution in [0.5, 0.6) is 0 Å². The molecule has 0 aliphatic rings. The van der Waals surface area contributed by atoms with Crippen LogP contribution in [0.2, 0.25) is 0 Å². The highest BCUT2D eigenvalue weighted by atomic mass is 79.9. The lowest BCUT2D eigenvalue weighted by Crippen LogP contribution is -2.14. The van der Waals surface area contributed by atoms with Crippen molar-refractivity contribution in [1.82, 2.24) is 15.0 Å². The quantitative estimate of drug-likeness (QED) is 0.509. The first kappa shape index (κ1) is 17.3. The maximum Gasteiger partial charge on any atom is 0.269 e. The number of thiazole rings is 1. The lowest BCUT2D eigenvalue weighted by Gasteiger charge is -2.12. The summed E-state index contributed by atoms with van der Waals surface area (Å²) in [5, 5.41) is 13.5. The summed E-state index contributed by atoms with van der Waals surface area (Å²) >= 11 is 1.51. The van der Waals surface area contributed by atoms with Gasteiger partial charge >= 0.3 is 0 Å². The summed E-state index contributed by atoms with van der Waals surface area (Å²) in [5.41, 5.74) is 8.56. The average molecular weight is 396 g/mol. The molecule has 0 saturated carbocycles. The summed E-state index contributed by atoms with van der Waals surface area (Å²) in [4.78, 5) is 21.9. The minimum absolute atomic E-state index is 0. The number of nitrogens with two attached hydrogens (primary N) is 1. The number of rotatable bonds is 5. The van der Waals surface area contributed by atoms with Gasteiger partial charge < -0.3 is 10.7 Å². The van der Waals surface area contributed by atoms with Gasteiger partial charge in [0.15, 0.2) is 0 Å². The van der Waals surface area contributed by atoms with E-state index in [1.165, 1.54) is 23.5 Å². The molecule has 7 nitrogen and oxygen atoms in total. The van der Waals surface area contributed by atoms with E-state index in [9.17, 15) is 10.1 Å². The summed E-state index contributed by atoms with van der Waals surface area (Å²) in [6.07, 6.45) is 3.32. The summed E-state index contributed by atoms with van der Waals surface area (Å²) in [5.74, 6) is -0.0891. The van der Waals surface area contributed by atoms with Crippen molar-refractivity contribution in [1.29, 1.82) is 0 Å². The second-order valence-corrected chi connectivity index (χ2v) is 5.54. The second kappa shape index (κ2) is 7.44. The van der Waals surface area contributed by atoms with Crippen LogP contribution in [0.3, 0.4) is 0 Å². The fraction of sp³-hybridized carbons (Fsp3) is 0.143. The predicted molar refractivity (Wildman–Crippen MR) is 94.0 cm³/mol. The molecule has 3 rings (SSSR count).